The molecule has 0 unspecified atom stereocenters. The molecule has 3 rings (SSSR count). The lowest BCUT2D eigenvalue weighted by molar-refractivity contribution is 0.342. The van der Waals surface area contributed by atoms with Gasteiger partial charge in [-0.3, -0.25) is 0 Å². The predicted molar refractivity (Wildman–Crippen MR) is 83.2 cm³/mol. The normalized spacial score (nSPS) is 22.8. The third-order valence-electron chi connectivity index (χ3n) is 4.44. The Morgan fingerprint density at radius 2 is 2.05 bits per heavy atom. The van der Waals surface area contributed by atoms with Crippen molar-refractivity contribution in [3.05, 3.63) is 18.6 Å². The van der Waals surface area contributed by atoms with Gasteiger partial charge in [0.05, 0.1) is 11.1 Å². The smallest absolute Gasteiger partial charge is 0.142 e. The third-order valence-corrected chi connectivity index (χ3v) is 5.25. The fourth-order valence-corrected chi connectivity index (χ4v) is 4.03. The number of aromatic nitrogens is 3. The van der Waals surface area contributed by atoms with Crippen LogP contribution in [0.25, 0.3) is 11.0 Å². The SMILES string of the molecule is CN(c1ncnc2[nH]ccc12)[C@H]1CC[C@H](C[SH](=O)=O)CC1. The van der Waals surface area contributed by atoms with Gasteiger partial charge in [-0.05, 0) is 37.7 Å². The quantitative estimate of drug-likeness (QED) is 0.838. The molecule has 0 bridgehead atoms. The largest absolute Gasteiger partial charge is 0.356 e. The van der Waals surface area contributed by atoms with Gasteiger partial charge in [-0.1, -0.05) is 0 Å². The number of nitrogens with one attached hydrogen (secondary N) is 1. The van der Waals surface area contributed by atoms with E-state index in [2.05, 4.69) is 26.9 Å². The average Bonchev–Trinajstić information content (AvgIpc) is 2.95. The highest BCUT2D eigenvalue weighted by Gasteiger charge is 2.26. The van der Waals surface area contributed by atoms with Gasteiger partial charge in [0.15, 0.2) is 0 Å². The van der Waals surface area contributed by atoms with Crippen LogP contribution in [0, 0.1) is 5.92 Å². The van der Waals surface area contributed by atoms with E-state index in [1.165, 1.54) is 0 Å². The number of hydrogen-bond acceptors (Lipinski definition) is 5. The second-order valence-electron chi connectivity index (χ2n) is 5.74. The van der Waals surface area contributed by atoms with Crippen molar-refractivity contribution in [2.45, 2.75) is 31.7 Å². The summed E-state index contributed by atoms with van der Waals surface area (Å²) in [5.74, 6) is 1.61. The molecule has 0 aliphatic heterocycles. The molecule has 1 saturated carbocycles. The van der Waals surface area contributed by atoms with Crippen LogP contribution in [0.4, 0.5) is 5.82 Å². The summed E-state index contributed by atoms with van der Waals surface area (Å²) in [6.45, 7) is 0. The van der Waals surface area contributed by atoms with E-state index in [4.69, 9.17) is 0 Å². The molecule has 7 heteroatoms. The van der Waals surface area contributed by atoms with Crippen LogP contribution < -0.4 is 4.90 Å². The monoisotopic (exact) mass is 308 g/mol. The zero-order valence-electron chi connectivity index (χ0n) is 12.0. The minimum Gasteiger partial charge on any atom is -0.356 e. The van der Waals surface area contributed by atoms with E-state index in [0.717, 1.165) is 42.5 Å². The lowest BCUT2D eigenvalue weighted by Crippen LogP contribution is -2.36. The number of hydrogen-bond donors (Lipinski definition) is 2. The highest BCUT2D eigenvalue weighted by molar-refractivity contribution is 7.72. The standard InChI is InChI=1S/C14H20N4O2S/c1-18(11-4-2-10(3-5-11)8-21(19)20)14-12-6-7-15-13(12)16-9-17-14/h6-7,9-11,21H,2-5,8H2,1H3,(H,15,16,17)/t10-,11-. The molecular weight excluding hydrogens is 288 g/mol. The van der Waals surface area contributed by atoms with Crippen LogP contribution in [-0.2, 0) is 10.7 Å². The summed E-state index contributed by atoms with van der Waals surface area (Å²) in [5.41, 5.74) is 0.851. The summed E-state index contributed by atoms with van der Waals surface area (Å²) in [5, 5.41) is 1.03. The molecule has 1 aliphatic rings. The number of nitrogens with zero attached hydrogens (tertiary/aromatic N) is 3. The molecule has 0 saturated heterocycles. The Kier molecular flexibility index (Phi) is 4.10. The summed E-state index contributed by atoms with van der Waals surface area (Å²) >= 11 is 0. The number of thiol groups is 1. The van der Waals surface area contributed by atoms with E-state index in [9.17, 15) is 8.42 Å². The van der Waals surface area contributed by atoms with E-state index in [0.29, 0.717) is 17.7 Å². The zero-order chi connectivity index (χ0) is 14.8. The van der Waals surface area contributed by atoms with Gasteiger partial charge in [0.1, 0.15) is 28.5 Å². The van der Waals surface area contributed by atoms with Crippen LogP contribution in [0.5, 0.6) is 0 Å². The summed E-state index contributed by atoms with van der Waals surface area (Å²) in [6.07, 6.45) is 7.43. The van der Waals surface area contributed by atoms with Crippen LogP contribution >= 0.6 is 0 Å². The molecule has 2 aromatic rings. The maximum atomic E-state index is 10.8. The minimum atomic E-state index is -2.25. The van der Waals surface area contributed by atoms with Gasteiger partial charge in [-0.2, -0.15) is 0 Å². The van der Waals surface area contributed by atoms with E-state index in [1.807, 2.05) is 12.3 Å². The number of aromatic amines is 1. The molecule has 1 aliphatic carbocycles. The highest BCUT2D eigenvalue weighted by atomic mass is 32.2. The van der Waals surface area contributed by atoms with Gasteiger partial charge in [-0.15, -0.1) is 0 Å². The van der Waals surface area contributed by atoms with E-state index >= 15 is 0 Å². The molecule has 21 heavy (non-hydrogen) atoms. The lowest BCUT2D eigenvalue weighted by atomic mass is 9.86. The summed E-state index contributed by atoms with van der Waals surface area (Å²) in [6, 6.07) is 2.41. The minimum absolute atomic E-state index is 0.327. The van der Waals surface area contributed by atoms with Crippen molar-refractivity contribution in [3.8, 4) is 0 Å². The molecule has 0 radical (unpaired) electrons. The Morgan fingerprint density at radius 1 is 1.29 bits per heavy atom. The summed E-state index contributed by atoms with van der Waals surface area (Å²) in [4.78, 5) is 13.9. The number of fused-ring (bicyclic) bond motifs is 1. The highest BCUT2D eigenvalue weighted by Crippen LogP contribution is 2.31. The molecule has 114 valence electrons. The van der Waals surface area contributed by atoms with Gasteiger partial charge in [-0.25, -0.2) is 18.4 Å². The van der Waals surface area contributed by atoms with Crippen LogP contribution in [-0.4, -0.2) is 42.2 Å². The molecule has 2 aromatic heterocycles. The van der Waals surface area contributed by atoms with E-state index in [-0.39, 0.29) is 0 Å². The van der Waals surface area contributed by atoms with Crippen molar-refractivity contribution < 1.29 is 8.42 Å². The van der Waals surface area contributed by atoms with Gasteiger partial charge >= 0.3 is 0 Å². The Hall–Kier alpha value is -1.63. The van der Waals surface area contributed by atoms with Crippen molar-refractivity contribution in [2.75, 3.05) is 17.7 Å². The predicted octanol–water partition coefficient (Wildman–Crippen LogP) is 1.56. The van der Waals surface area contributed by atoms with Crippen molar-refractivity contribution in [3.63, 3.8) is 0 Å². The molecular formula is C14H20N4O2S. The van der Waals surface area contributed by atoms with Gasteiger partial charge in [0, 0.05) is 19.3 Å². The topological polar surface area (TPSA) is 79.0 Å². The maximum absolute atomic E-state index is 10.8. The molecule has 2 heterocycles. The fourth-order valence-electron chi connectivity index (χ4n) is 3.24. The summed E-state index contributed by atoms with van der Waals surface area (Å²) < 4.78 is 21.7. The van der Waals surface area contributed by atoms with E-state index < -0.39 is 10.7 Å². The number of rotatable bonds is 4. The van der Waals surface area contributed by atoms with Crippen LogP contribution in [0.3, 0.4) is 0 Å². The van der Waals surface area contributed by atoms with Crippen LogP contribution in [0.15, 0.2) is 18.6 Å². The second-order valence-corrected chi connectivity index (χ2v) is 6.77. The van der Waals surface area contributed by atoms with Crippen LogP contribution in [0.2, 0.25) is 0 Å². The Bertz CT molecular complexity index is 681. The van der Waals surface area contributed by atoms with E-state index in [1.54, 1.807) is 6.33 Å². The molecule has 6 nitrogen and oxygen atoms in total. The third kappa shape index (κ3) is 3.02. The van der Waals surface area contributed by atoms with Crippen LogP contribution in [0.1, 0.15) is 25.7 Å². The first kappa shape index (κ1) is 14.3. The summed E-state index contributed by atoms with van der Waals surface area (Å²) in [7, 11) is -0.189. The molecule has 0 amide bonds. The zero-order valence-corrected chi connectivity index (χ0v) is 12.9. The molecule has 1 N–H and O–H groups in total. The number of anilines is 1. The van der Waals surface area contributed by atoms with Crippen molar-refractivity contribution in [1.82, 2.24) is 15.0 Å². The molecule has 0 atom stereocenters. The number of H-pyrrole nitrogens is 1. The first-order valence-electron chi connectivity index (χ1n) is 7.28. The maximum Gasteiger partial charge on any atom is 0.142 e. The van der Waals surface area contributed by atoms with Gasteiger partial charge in [0.2, 0.25) is 0 Å². The Morgan fingerprint density at radius 3 is 2.76 bits per heavy atom. The van der Waals surface area contributed by atoms with Crippen molar-refractivity contribution >= 4 is 27.6 Å². The first-order valence-corrected chi connectivity index (χ1v) is 8.64. The molecule has 0 aromatic carbocycles. The first-order chi connectivity index (χ1) is 10.1. The molecule has 0 spiro atoms. The fraction of sp³-hybridized carbons (Fsp3) is 0.571. The lowest BCUT2D eigenvalue weighted by Gasteiger charge is -2.35. The van der Waals surface area contributed by atoms with Crippen molar-refractivity contribution in [1.29, 1.82) is 0 Å². The van der Waals surface area contributed by atoms with Gasteiger partial charge in [0.25, 0.3) is 0 Å². The Balaban J connectivity index is 1.72. The second kappa shape index (κ2) is 6.01. The average molecular weight is 308 g/mol. The molecule has 1 fully saturated rings. The van der Waals surface area contributed by atoms with Crippen molar-refractivity contribution in [2.24, 2.45) is 5.92 Å². The Labute approximate surface area is 125 Å². The van der Waals surface area contributed by atoms with Gasteiger partial charge < -0.3 is 9.88 Å².